The molecule has 7 heteroatoms. The molecule has 3 rings (SSSR count). The molecule has 0 amide bonds. The summed E-state index contributed by atoms with van der Waals surface area (Å²) in [6.45, 7) is 3.63. The molecule has 2 aromatic carbocycles. The first kappa shape index (κ1) is 18.6. The average Bonchev–Trinajstić information content (AvgIpc) is 3.04. The molecule has 1 unspecified atom stereocenters. The number of halogens is 2. The first-order chi connectivity index (χ1) is 12.5. The standard InChI is InChI=1S/C19H17ClFN3OS/c1-3-17(25)12(2)26-19-23-22-18(13-8-4-5-9-14(13)20)24(19)16-11-7-6-10-15(16)21/h4-12H,3H2,1-2H3. The summed E-state index contributed by atoms with van der Waals surface area (Å²) < 4.78 is 16.1. The molecule has 1 heterocycles. The van der Waals surface area contributed by atoms with Gasteiger partial charge < -0.3 is 0 Å². The Kier molecular flexibility index (Phi) is 5.74. The van der Waals surface area contributed by atoms with Gasteiger partial charge in [0.25, 0.3) is 0 Å². The molecule has 3 aromatic rings. The van der Waals surface area contributed by atoms with E-state index in [1.54, 1.807) is 34.9 Å². The molecule has 0 fully saturated rings. The first-order valence-corrected chi connectivity index (χ1v) is 9.43. The lowest BCUT2D eigenvalue weighted by atomic mass is 10.2. The minimum absolute atomic E-state index is 0.0948. The Bertz CT molecular complexity index is 944. The molecule has 0 aliphatic heterocycles. The minimum atomic E-state index is -0.406. The third-order valence-electron chi connectivity index (χ3n) is 3.93. The highest BCUT2D eigenvalue weighted by Gasteiger charge is 2.23. The predicted molar refractivity (Wildman–Crippen MR) is 102 cm³/mol. The second kappa shape index (κ2) is 8.01. The number of thioether (sulfide) groups is 1. The van der Waals surface area contributed by atoms with Crippen molar-refractivity contribution in [3.8, 4) is 17.1 Å². The number of ketones is 1. The molecule has 4 nitrogen and oxygen atoms in total. The number of aromatic nitrogens is 3. The van der Waals surface area contributed by atoms with E-state index in [1.807, 2.05) is 26.0 Å². The topological polar surface area (TPSA) is 47.8 Å². The number of hydrogen-bond donors (Lipinski definition) is 0. The molecule has 0 aliphatic carbocycles. The van der Waals surface area contributed by atoms with E-state index < -0.39 is 5.82 Å². The van der Waals surface area contributed by atoms with Crippen LogP contribution in [0, 0.1) is 5.82 Å². The Morgan fingerprint density at radius 2 is 1.88 bits per heavy atom. The summed E-state index contributed by atoms with van der Waals surface area (Å²) in [5.74, 6) is 0.119. The fraction of sp³-hybridized carbons (Fsp3) is 0.211. The number of carbonyl (C=O) groups is 1. The van der Waals surface area contributed by atoms with E-state index >= 15 is 0 Å². The molecule has 0 bridgehead atoms. The molecule has 1 atom stereocenters. The second-order valence-electron chi connectivity index (χ2n) is 5.65. The van der Waals surface area contributed by atoms with Crippen LogP contribution in [-0.2, 0) is 4.79 Å². The Labute approximate surface area is 160 Å². The van der Waals surface area contributed by atoms with Gasteiger partial charge in [-0.1, -0.05) is 54.6 Å². The zero-order chi connectivity index (χ0) is 18.7. The molecule has 0 N–H and O–H groups in total. The van der Waals surface area contributed by atoms with Crippen molar-refractivity contribution in [2.45, 2.75) is 30.7 Å². The van der Waals surface area contributed by atoms with E-state index in [4.69, 9.17) is 11.6 Å². The van der Waals surface area contributed by atoms with Crippen LogP contribution in [-0.4, -0.2) is 25.8 Å². The van der Waals surface area contributed by atoms with E-state index in [0.717, 1.165) is 0 Å². The quantitative estimate of drug-likeness (QED) is 0.544. The maximum absolute atomic E-state index is 14.5. The normalized spacial score (nSPS) is 12.2. The molecule has 0 saturated heterocycles. The Hall–Kier alpha value is -2.18. The lowest BCUT2D eigenvalue weighted by Gasteiger charge is -2.13. The minimum Gasteiger partial charge on any atom is -0.298 e. The van der Waals surface area contributed by atoms with Gasteiger partial charge >= 0.3 is 0 Å². The van der Waals surface area contributed by atoms with Crippen molar-refractivity contribution in [1.29, 1.82) is 0 Å². The van der Waals surface area contributed by atoms with Gasteiger partial charge in [0.15, 0.2) is 11.0 Å². The molecule has 134 valence electrons. The van der Waals surface area contributed by atoms with Gasteiger partial charge in [0.2, 0.25) is 0 Å². The molecule has 0 spiro atoms. The van der Waals surface area contributed by atoms with Crippen molar-refractivity contribution in [1.82, 2.24) is 14.8 Å². The van der Waals surface area contributed by atoms with Crippen LogP contribution in [0.4, 0.5) is 4.39 Å². The average molecular weight is 390 g/mol. The van der Waals surface area contributed by atoms with Crippen molar-refractivity contribution in [3.05, 3.63) is 59.4 Å². The number of benzene rings is 2. The van der Waals surface area contributed by atoms with Crippen molar-refractivity contribution in [3.63, 3.8) is 0 Å². The summed E-state index contributed by atoms with van der Waals surface area (Å²) in [6, 6.07) is 13.6. The first-order valence-electron chi connectivity index (χ1n) is 8.17. The zero-order valence-corrected chi connectivity index (χ0v) is 15.9. The molecule has 0 saturated carbocycles. The molecule has 0 aliphatic rings. The van der Waals surface area contributed by atoms with Gasteiger partial charge in [0.1, 0.15) is 11.6 Å². The SMILES string of the molecule is CCC(=O)C(C)Sc1nnc(-c2ccccc2Cl)n1-c1ccccc1F. The summed E-state index contributed by atoms with van der Waals surface area (Å²) in [6.07, 6.45) is 0.430. The fourth-order valence-electron chi connectivity index (χ4n) is 2.52. The number of nitrogens with zero attached hydrogens (tertiary/aromatic N) is 3. The van der Waals surface area contributed by atoms with E-state index in [1.165, 1.54) is 17.8 Å². The van der Waals surface area contributed by atoms with Crippen LogP contribution < -0.4 is 0 Å². The molecular formula is C19H17ClFN3OS. The number of Topliss-reactive ketones (excluding diaryl/α,β-unsaturated/α-hetero) is 1. The number of carbonyl (C=O) groups excluding carboxylic acids is 1. The second-order valence-corrected chi connectivity index (χ2v) is 7.37. The van der Waals surface area contributed by atoms with E-state index in [-0.39, 0.29) is 11.0 Å². The van der Waals surface area contributed by atoms with E-state index in [2.05, 4.69) is 10.2 Å². The molecule has 26 heavy (non-hydrogen) atoms. The predicted octanol–water partition coefficient (Wildman–Crippen LogP) is 5.19. The summed E-state index contributed by atoms with van der Waals surface area (Å²) in [5, 5.41) is 9.06. The van der Waals surface area contributed by atoms with Crippen molar-refractivity contribution in [2.24, 2.45) is 0 Å². The summed E-state index contributed by atoms with van der Waals surface area (Å²) in [5.41, 5.74) is 0.956. The highest BCUT2D eigenvalue weighted by atomic mass is 35.5. The van der Waals surface area contributed by atoms with Crippen LogP contribution in [0.25, 0.3) is 17.1 Å². The number of para-hydroxylation sites is 1. The highest BCUT2D eigenvalue weighted by Crippen LogP contribution is 2.34. The molecular weight excluding hydrogens is 373 g/mol. The Morgan fingerprint density at radius 1 is 1.19 bits per heavy atom. The van der Waals surface area contributed by atoms with Crippen LogP contribution in [0.1, 0.15) is 20.3 Å². The largest absolute Gasteiger partial charge is 0.298 e. The lowest BCUT2D eigenvalue weighted by molar-refractivity contribution is -0.118. The summed E-state index contributed by atoms with van der Waals surface area (Å²) in [4.78, 5) is 12.0. The highest BCUT2D eigenvalue weighted by molar-refractivity contribution is 8.00. The van der Waals surface area contributed by atoms with Crippen molar-refractivity contribution >= 4 is 29.1 Å². The van der Waals surface area contributed by atoms with Gasteiger partial charge in [0.05, 0.1) is 16.0 Å². The summed E-state index contributed by atoms with van der Waals surface area (Å²) in [7, 11) is 0. The molecule has 0 radical (unpaired) electrons. The third-order valence-corrected chi connectivity index (χ3v) is 5.35. The zero-order valence-electron chi connectivity index (χ0n) is 14.3. The van der Waals surface area contributed by atoms with Gasteiger partial charge in [0, 0.05) is 12.0 Å². The maximum atomic E-state index is 14.5. The van der Waals surface area contributed by atoms with Crippen LogP contribution in [0.5, 0.6) is 0 Å². The van der Waals surface area contributed by atoms with Crippen LogP contribution in [0.15, 0.2) is 53.7 Å². The lowest BCUT2D eigenvalue weighted by Crippen LogP contribution is -2.13. The maximum Gasteiger partial charge on any atom is 0.196 e. The fourth-order valence-corrected chi connectivity index (χ4v) is 3.74. The van der Waals surface area contributed by atoms with Gasteiger partial charge in [-0.05, 0) is 31.2 Å². The molecule has 1 aromatic heterocycles. The van der Waals surface area contributed by atoms with Crippen molar-refractivity contribution in [2.75, 3.05) is 0 Å². The smallest absolute Gasteiger partial charge is 0.196 e. The van der Waals surface area contributed by atoms with Gasteiger partial charge in [-0.15, -0.1) is 10.2 Å². The van der Waals surface area contributed by atoms with E-state index in [0.29, 0.717) is 33.7 Å². The third kappa shape index (κ3) is 3.66. The Morgan fingerprint density at radius 3 is 2.58 bits per heavy atom. The van der Waals surface area contributed by atoms with Crippen LogP contribution >= 0.6 is 23.4 Å². The van der Waals surface area contributed by atoms with Crippen molar-refractivity contribution < 1.29 is 9.18 Å². The monoisotopic (exact) mass is 389 g/mol. The van der Waals surface area contributed by atoms with Gasteiger partial charge in [-0.2, -0.15) is 0 Å². The van der Waals surface area contributed by atoms with E-state index in [9.17, 15) is 9.18 Å². The Balaban J connectivity index is 2.17. The van der Waals surface area contributed by atoms with Gasteiger partial charge in [-0.3, -0.25) is 9.36 Å². The van der Waals surface area contributed by atoms with Crippen LogP contribution in [0.3, 0.4) is 0 Å². The number of hydrogen-bond acceptors (Lipinski definition) is 4. The summed E-state index contributed by atoms with van der Waals surface area (Å²) >= 11 is 7.57. The number of rotatable bonds is 6. The van der Waals surface area contributed by atoms with Gasteiger partial charge in [-0.25, -0.2) is 4.39 Å². The van der Waals surface area contributed by atoms with Crippen LogP contribution in [0.2, 0.25) is 5.02 Å².